The number of ketones is 1. The lowest BCUT2D eigenvalue weighted by Crippen LogP contribution is -2.19. The number of hydrogen-bond donors (Lipinski definition) is 0. The average molecular weight is 471 g/mol. The second-order valence-corrected chi connectivity index (χ2v) is 8.87. The van der Waals surface area contributed by atoms with Crippen LogP contribution in [0.3, 0.4) is 0 Å². The van der Waals surface area contributed by atoms with Crippen molar-refractivity contribution in [1.82, 2.24) is 9.47 Å². The predicted molar refractivity (Wildman–Crippen MR) is 139 cm³/mol. The van der Waals surface area contributed by atoms with Crippen molar-refractivity contribution in [1.29, 1.82) is 0 Å². The molecule has 0 aliphatic heterocycles. The van der Waals surface area contributed by atoms with Gasteiger partial charge in [0, 0.05) is 35.3 Å². The molecule has 0 bridgehead atoms. The molecule has 180 valence electrons. The Labute approximate surface area is 205 Å². The maximum Gasteiger partial charge on any atom is 0.262 e. The molecule has 1 heterocycles. The highest BCUT2D eigenvalue weighted by molar-refractivity contribution is 6.03. The summed E-state index contributed by atoms with van der Waals surface area (Å²) in [6.45, 7) is 4.83. The molecule has 3 aromatic carbocycles. The Morgan fingerprint density at radius 1 is 0.914 bits per heavy atom. The zero-order valence-corrected chi connectivity index (χ0v) is 20.8. The van der Waals surface area contributed by atoms with Crippen molar-refractivity contribution in [3.63, 3.8) is 0 Å². The molecule has 0 fully saturated rings. The Morgan fingerprint density at radius 2 is 1.63 bits per heavy atom. The molecule has 35 heavy (non-hydrogen) atoms. The van der Waals surface area contributed by atoms with E-state index in [9.17, 15) is 9.59 Å². The lowest BCUT2D eigenvalue weighted by Gasteiger charge is -2.14. The van der Waals surface area contributed by atoms with Crippen LogP contribution in [0.1, 0.15) is 33.2 Å². The number of benzene rings is 3. The van der Waals surface area contributed by atoms with E-state index in [-0.39, 0.29) is 11.7 Å². The second-order valence-electron chi connectivity index (χ2n) is 8.87. The zero-order valence-electron chi connectivity index (χ0n) is 20.8. The summed E-state index contributed by atoms with van der Waals surface area (Å²) in [5.74, 6) is 1.16. The van der Waals surface area contributed by atoms with E-state index in [2.05, 4.69) is 0 Å². The standard InChI is InChI=1S/C29H30N2O4/c1-19-16-23(20(2)32)10-11-25(19)21-6-8-22(9-7-21)29(33)31-13-12-24-17-27(34-5)28(18-26(24)31)35-15-14-30(3)4/h6-13,16-18H,14-15H2,1-5H3. The van der Waals surface area contributed by atoms with Gasteiger partial charge in [-0.15, -0.1) is 0 Å². The number of nitrogens with zero attached hydrogens (tertiary/aromatic N) is 2. The van der Waals surface area contributed by atoms with Gasteiger partial charge in [-0.25, -0.2) is 0 Å². The average Bonchev–Trinajstić information content (AvgIpc) is 3.25. The van der Waals surface area contributed by atoms with Gasteiger partial charge in [0.1, 0.15) is 6.61 Å². The van der Waals surface area contributed by atoms with E-state index in [1.807, 2.05) is 86.6 Å². The third-order valence-electron chi connectivity index (χ3n) is 6.07. The maximum atomic E-state index is 13.4. The van der Waals surface area contributed by atoms with Gasteiger partial charge in [-0.2, -0.15) is 0 Å². The lowest BCUT2D eigenvalue weighted by atomic mass is 9.96. The number of likely N-dealkylation sites (N-methyl/N-ethyl adjacent to an activating group) is 1. The molecule has 4 aromatic rings. The molecule has 1 aromatic heterocycles. The molecule has 6 nitrogen and oxygen atoms in total. The summed E-state index contributed by atoms with van der Waals surface area (Å²) in [4.78, 5) is 27.1. The maximum absolute atomic E-state index is 13.4. The number of methoxy groups -OCH3 is 1. The van der Waals surface area contributed by atoms with Crippen LogP contribution in [0.5, 0.6) is 11.5 Å². The van der Waals surface area contributed by atoms with Gasteiger partial charge in [0.25, 0.3) is 5.91 Å². The van der Waals surface area contributed by atoms with E-state index in [4.69, 9.17) is 9.47 Å². The van der Waals surface area contributed by atoms with Crippen LogP contribution >= 0.6 is 0 Å². The summed E-state index contributed by atoms with van der Waals surface area (Å²) in [6, 6.07) is 18.9. The number of hydrogen-bond acceptors (Lipinski definition) is 5. The number of Topliss-reactive ketones (excluding diaryl/α,β-unsaturated/α-hetero) is 1. The minimum absolute atomic E-state index is 0.0448. The SMILES string of the molecule is COc1cc2ccn(C(=O)c3ccc(-c4ccc(C(C)=O)cc4C)cc3)c2cc1OCCN(C)C. The molecule has 0 N–H and O–H groups in total. The zero-order chi connectivity index (χ0) is 25.1. The van der Waals surface area contributed by atoms with Crippen molar-refractivity contribution in [2.45, 2.75) is 13.8 Å². The van der Waals surface area contributed by atoms with E-state index in [0.29, 0.717) is 29.2 Å². The molecular weight excluding hydrogens is 440 g/mol. The molecule has 4 rings (SSSR count). The molecule has 0 amide bonds. The van der Waals surface area contributed by atoms with Crippen molar-refractivity contribution in [2.24, 2.45) is 0 Å². The quantitative estimate of drug-likeness (QED) is 0.320. The fraction of sp³-hybridized carbons (Fsp3) is 0.241. The molecule has 0 spiro atoms. The monoisotopic (exact) mass is 470 g/mol. The molecule has 0 saturated carbocycles. The lowest BCUT2D eigenvalue weighted by molar-refractivity contribution is 0.0963. The van der Waals surface area contributed by atoms with Gasteiger partial charge in [0.2, 0.25) is 0 Å². The van der Waals surface area contributed by atoms with Crippen LogP contribution in [-0.4, -0.2) is 55.5 Å². The Balaban J connectivity index is 1.62. The molecule has 0 aliphatic rings. The van der Waals surface area contributed by atoms with Gasteiger partial charge in [0.05, 0.1) is 12.6 Å². The van der Waals surface area contributed by atoms with Crippen molar-refractivity contribution >= 4 is 22.6 Å². The van der Waals surface area contributed by atoms with Gasteiger partial charge >= 0.3 is 0 Å². The topological polar surface area (TPSA) is 60.8 Å². The summed E-state index contributed by atoms with van der Waals surface area (Å²) >= 11 is 0. The van der Waals surface area contributed by atoms with Crippen molar-refractivity contribution in [2.75, 3.05) is 34.4 Å². The summed E-state index contributed by atoms with van der Waals surface area (Å²) < 4.78 is 13.1. The van der Waals surface area contributed by atoms with Gasteiger partial charge in [-0.05, 0) is 75.0 Å². The van der Waals surface area contributed by atoms with Gasteiger partial charge in [-0.3, -0.25) is 14.2 Å². The Morgan fingerprint density at radius 3 is 2.26 bits per heavy atom. The summed E-state index contributed by atoms with van der Waals surface area (Å²) in [5, 5.41) is 0.896. The van der Waals surface area contributed by atoms with Gasteiger partial charge < -0.3 is 14.4 Å². The minimum atomic E-state index is -0.125. The van der Waals surface area contributed by atoms with E-state index in [0.717, 1.165) is 34.1 Å². The number of aryl methyl sites for hydroxylation is 1. The van der Waals surface area contributed by atoms with Crippen molar-refractivity contribution < 1.29 is 19.1 Å². The summed E-state index contributed by atoms with van der Waals surface area (Å²) in [5.41, 5.74) is 5.08. The highest BCUT2D eigenvalue weighted by atomic mass is 16.5. The van der Waals surface area contributed by atoms with Crippen LogP contribution in [-0.2, 0) is 0 Å². The van der Waals surface area contributed by atoms with Crippen molar-refractivity contribution in [3.8, 4) is 22.6 Å². The van der Waals surface area contributed by atoms with Crippen LogP contribution in [0.25, 0.3) is 22.0 Å². The third-order valence-corrected chi connectivity index (χ3v) is 6.07. The largest absolute Gasteiger partial charge is 0.493 e. The van der Waals surface area contributed by atoms with E-state index < -0.39 is 0 Å². The Hall–Kier alpha value is -3.90. The van der Waals surface area contributed by atoms with E-state index in [1.54, 1.807) is 24.8 Å². The van der Waals surface area contributed by atoms with Gasteiger partial charge in [-0.1, -0.05) is 24.3 Å². The molecule has 0 atom stereocenters. The van der Waals surface area contributed by atoms with Crippen LogP contribution in [0.2, 0.25) is 0 Å². The fourth-order valence-electron chi connectivity index (χ4n) is 4.07. The first-order valence-corrected chi connectivity index (χ1v) is 11.5. The second kappa shape index (κ2) is 10.2. The number of ether oxygens (including phenoxy) is 2. The normalized spacial score (nSPS) is 11.1. The molecule has 0 aliphatic carbocycles. The van der Waals surface area contributed by atoms with Crippen LogP contribution in [0.15, 0.2) is 66.9 Å². The molecular formula is C29H30N2O4. The van der Waals surface area contributed by atoms with E-state index in [1.165, 1.54) is 0 Å². The van der Waals surface area contributed by atoms with Crippen LogP contribution < -0.4 is 9.47 Å². The minimum Gasteiger partial charge on any atom is -0.493 e. The first kappa shape index (κ1) is 24.2. The smallest absolute Gasteiger partial charge is 0.262 e. The summed E-state index contributed by atoms with van der Waals surface area (Å²) in [6.07, 6.45) is 1.77. The highest BCUT2D eigenvalue weighted by Crippen LogP contribution is 2.33. The molecule has 0 unspecified atom stereocenters. The number of fused-ring (bicyclic) bond motifs is 1. The number of carbonyl (C=O) groups excluding carboxylic acids is 2. The molecule has 0 radical (unpaired) electrons. The summed E-state index contributed by atoms with van der Waals surface area (Å²) in [7, 11) is 5.59. The number of carbonyl (C=O) groups is 2. The first-order valence-electron chi connectivity index (χ1n) is 11.5. The van der Waals surface area contributed by atoms with E-state index >= 15 is 0 Å². The first-order chi connectivity index (χ1) is 16.8. The number of aromatic nitrogens is 1. The number of rotatable bonds is 8. The third kappa shape index (κ3) is 5.12. The Bertz CT molecular complexity index is 1380. The molecule has 0 saturated heterocycles. The highest BCUT2D eigenvalue weighted by Gasteiger charge is 2.16. The van der Waals surface area contributed by atoms with Crippen LogP contribution in [0.4, 0.5) is 0 Å². The molecule has 6 heteroatoms. The predicted octanol–water partition coefficient (Wildman–Crippen LogP) is 5.46. The van der Waals surface area contributed by atoms with Gasteiger partial charge in [0.15, 0.2) is 17.3 Å². The fourth-order valence-corrected chi connectivity index (χ4v) is 4.07. The van der Waals surface area contributed by atoms with Crippen LogP contribution in [0, 0.1) is 6.92 Å². The Kier molecular flexibility index (Phi) is 7.03. The van der Waals surface area contributed by atoms with Crippen molar-refractivity contribution in [3.05, 3.63) is 83.6 Å².